The van der Waals surface area contributed by atoms with Gasteiger partial charge in [-0.2, -0.15) is 0 Å². The lowest BCUT2D eigenvalue weighted by Crippen LogP contribution is -2.05. The second-order valence-corrected chi connectivity index (χ2v) is 3.77. The van der Waals surface area contributed by atoms with Crippen LogP contribution in [0.5, 0.6) is 5.75 Å². The van der Waals surface area contributed by atoms with Crippen LogP contribution in [0.15, 0.2) is 24.3 Å². The third kappa shape index (κ3) is 4.68. The predicted octanol–water partition coefficient (Wildman–Crippen LogP) is 2.06. The summed E-state index contributed by atoms with van der Waals surface area (Å²) in [6, 6.07) is 7.34. The van der Waals surface area contributed by atoms with E-state index in [9.17, 15) is 9.59 Å². The number of carbonyl (C=O) groups excluding carboxylic acids is 1. The van der Waals surface area contributed by atoms with E-state index in [1.165, 1.54) is 0 Å². The molecule has 1 aromatic rings. The minimum atomic E-state index is -0.866. The van der Waals surface area contributed by atoms with Gasteiger partial charge in [-0.05, 0) is 12.5 Å². The number of benzene rings is 1. The Morgan fingerprint density at radius 1 is 1.24 bits per heavy atom. The molecule has 4 nitrogen and oxygen atoms in total. The van der Waals surface area contributed by atoms with Gasteiger partial charge in [-0.3, -0.25) is 9.59 Å². The van der Waals surface area contributed by atoms with Gasteiger partial charge in [-0.15, -0.1) is 0 Å². The summed E-state index contributed by atoms with van der Waals surface area (Å²) in [5.41, 5.74) is 0.843. The number of methoxy groups -OCH3 is 1. The molecular weight excluding hydrogens is 220 g/mol. The molecule has 0 amide bonds. The van der Waals surface area contributed by atoms with Crippen molar-refractivity contribution in [2.45, 2.75) is 25.7 Å². The maximum absolute atomic E-state index is 11.6. The van der Waals surface area contributed by atoms with Gasteiger partial charge >= 0.3 is 5.97 Å². The highest BCUT2D eigenvalue weighted by atomic mass is 16.5. The molecule has 0 spiro atoms. The number of Topliss-reactive ketones (excluding diaryl/α,β-unsaturated/α-hetero) is 1. The Kier molecular flexibility index (Phi) is 5.20. The second kappa shape index (κ2) is 6.68. The van der Waals surface area contributed by atoms with Gasteiger partial charge in [0.05, 0.1) is 7.11 Å². The lowest BCUT2D eigenvalue weighted by molar-refractivity contribution is -0.137. The molecule has 1 aromatic carbocycles. The third-order valence-corrected chi connectivity index (χ3v) is 2.43. The van der Waals surface area contributed by atoms with E-state index in [0.717, 1.165) is 5.56 Å². The molecule has 4 heteroatoms. The molecule has 1 rings (SSSR count). The van der Waals surface area contributed by atoms with Crippen molar-refractivity contribution in [3.63, 3.8) is 0 Å². The summed E-state index contributed by atoms with van der Waals surface area (Å²) in [6.07, 6.45) is 1.02. The number of para-hydroxylation sites is 1. The van der Waals surface area contributed by atoms with Crippen molar-refractivity contribution in [3.05, 3.63) is 29.8 Å². The van der Waals surface area contributed by atoms with Gasteiger partial charge in [-0.25, -0.2) is 0 Å². The second-order valence-electron chi connectivity index (χ2n) is 3.77. The number of hydrogen-bond donors (Lipinski definition) is 1. The SMILES string of the molecule is COc1ccccc1CC(=O)CCCC(=O)O. The Balaban J connectivity index is 2.47. The maximum atomic E-state index is 11.6. The molecule has 0 unspecified atom stereocenters. The van der Waals surface area contributed by atoms with Crippen LogP contribution in [0.3, 0.4) is 0 Å². The summed E-state index contributed by atoms with van der Waals surface area (Å²) in [6.45, 7) is 0. The summed E-state index contributed by atoms with van der Waals surface area (Å²) in [5.74, 6) is -0.134. The molecule has 1 N–H and O–H groups in total. The first-order valence-electron chi connectivity index (χ1n) is 5.49. The average Bonchev–Trinajstić information content (AvgIpc) is 2.29. The Morgan fingerprint density at radius 2 is 1.94 bits per heavy atom. The van der Waals surface area contributed by atoms with E-state index in [-0.39, 0.29) is 12.2 Å². The fraction of sp³-hybridized carbons (Fsp3) is 0.385. The van der Waals surface area contributed by atoms with E-state index >= 15 is 0 Å². The van der Waals surface area contributed by atoms with Crippen LogP contribution < -0.4 is 4.74 Å². The highest BCUT2D eigenvalue weighted by Crippen LogP contribution is 2.18. The number of rotatable bonds is 7. The highest BCUT2D eigenvalue weighted by molar-refractivity contribution is 5.82. The summed E-state index contributed by atoms with van der Waals surface area (Å²) in [4.78, 5) is 21.9. The average molecular weight is 236 g/mol. The van der Waals surface area contributed by atoms with Crippen LogP contribution in [0.1, 0.15) is 24.8 Å². The van der Waals surface area contributed by atoms with Crippen LogP contribution in [0.25, 0.3) is 0 Å². The molecule has 0 aliphatic carbocycles. The van der Waals surface area contributed by atoms with Crippen molar-refractivity contribution in [1.29, 1.82) is 0 Å². The molecule has 92 valence electrons. The van der Waals surface area contributed by atoms with E-state index in [1.807, 2.05) is 18.2 Å². The van der Waals surface area contributed by atoms with Crippen molar-refractivity contribution < 1.29 is 19.4 Å². The topological polar surface area (TPSA) is 63.6 Å². The zero-order valence-electron chi connectivity index (χ0n) is 9.81. The van der Waals surface area contributed by atoms with Gasteiger partial charge < -0.3 is 9.84 Å². The molecular formula is C13H16O4. The van der Waals surface area contributed by atoms with Gasteiger partial charge in [0.15, 0.2) is 0 Å². The molecule has 17 heavy (non-hydrogen) atoms. The molecule has 0 fully saturated rings. The summed E-state index contributed by atoms with van der Waals surface area (Å²) in [7, 11) is 1.56. The Bertz CT molecular complexity index is 398. The number of aliphatic carboxylic acids is 1. The number of carbonyl (C=O) groups is 2. The molecule has 0 atom stereocenters. The van der Waals surface area contributed by atoms with Crippen molar-refractivity contribution in [2.24, 2.45) is 0 Å². The normalized spacial score (nSPS) is 9.94. The van der Waals surface area contributed by atoms with Gasteiger partial charge in [0.2, 0.25) is 0 Å². The number of carboxylic acid groups (broad SMARTS) is 1. The van der Waals surface area contributed by atoms with Gasteiger partial charge in [-0.1, -0.05) is 18.2 Å². The minimum Gasteiger partial charge on any atom is -0.496 e. The maximum Gasteiger partial charge on any atom is 0.303 e. The lowest BCUT2D eigenvalue weighted by Gasteiger charge is -2.06. The highest BCUT2D eigenvalue weighted by Gasteiger charge is 2.08. The van der Waals surface area contributed by atoms with Gasteiger partial charge in [0.1, 0.15) is 11.5 Å². The zero-order chi connectivity index (χ0) is 12.7. The number of carboxylic acids is 1. The van der Waals surface area contributed by atoms with Crippen molar-refractivity contribution in [2.75, 3.05) is 7.11 Å². The largest absolute Gasteiger partial charge is 0.496 e. The Morgan fingerprint density at radius 3 is 2.59 bits per heavy atom. The van der Waals surface area contributed by atoms with Crippen LogP contribution in [-0.2, 0) is 16.0 Å². The predicted molar refractivity (Wildman–Crippen MR) is 63.2 cm³/mol. The molecule has 0 radical (unpaired) electrons. The number of hydrogen-bond acceptors (Lipinski definition) is 3. The Labute approximate surface area is 100 Å². The lowest BCUT2D eigenvalue weighted by atomic mass is 10.0. The fourth-order valence-corrected chi connectivity index (χ4v) is 1.59. The summed E-state index contributed by atoms with van der Waals surface area (Å²) < 4.78 is 5.14. The molecule has 0 heterocycles. The van der Waals surface area contributed by atoms with E-state index in [4.69, 9.17) is 9.84 Å². The molecule has 0 aliphatic rings. The van der Waals surface area contributed by atoms with Gasteiger partial charge in [0, 0.05) is 24.8 Å². The van der Waals surface area contributed by atoms with Crippen molar-refractivity contribution in [1.82, 2.24) is 0 Å². The van der Waals surface area contributed by atoms with Crippen LogP contribution >= 0.6 is 0 Å². The quantitative estimate of drug-likeness (QED) is 0.787. The summed E-state index contributed by atoms with van der Waals surface area (Å²) >= 11 is 0. The monoisotopic (exact) mass is 236 g/mol. The van der Waals surface area contributed by atoms with E-state index in [2.05, 4.69) is 0 Å². The van der Waals surface area contributed by atoms with E-state index in [1.54, 1.807) is 13.2 Å². The first-order chi connectivity index (χ1) is 8.13. The fourth-order valence-electron chi connectivity index (χ4n) is 1.59. The van der Waals surface area contributed by atoms with Crippen LogP contribution in [-0.4, -0.2) is 24.0 Å². The molecule has 0 aromatic heterocycles. The van der Waals surface area contributed by atoms with Gasteiger partial charge in [0.25, 0.3) is 0 Å². The first-order valence-corrected chi connectivity index (χ1v) is 5.49. The van der Waals surface area contributed by atoms with Crippen LogP contribution in [0, 0.1) is 0 Å². The van der Waals surface area contributed by atoms with Crippen LogP contribution in [0.2, 0.25) is 0 Å². The smallest absolute Gasteiger partial charge is 0.303 e. The minimum absolute atomic E-state index is 0.0377. The van der Waals surface area contributed by atoms with Crippen molar-refractivity contribution >= 4 is 11.8 Å². The van der Waals surface area contributed by atoms with E-state index < -0.39 is 5.97 Å². The molecule has 0 saturated heterocycles. The zero-order valence-corrected chi connectivity index (χ0v) is 9.81. The molecule has 0 saturated carbocycles. The number of ether oxygens (including phenoxy) is 1. The molecule has 0 bridgehead atoms. The standard InChI is InChI=1S/C13H16O4/c1-17-12-7-3-2-5-10(12)9-11(14)6-4-8-13(15)16/h2-3,5,7H,4,6,8-9H2,1H3,(H,15,16). The van der Waals surface area contributed by atoms with E-state index in [0.29, 0.717) is 25.0 Å². The first kappa shape index (κ1) is 13.2. The third-order valence-electron chi connectivity index (χ3n) is 2.43. The van der Waals surface area contributed by atoms with Crippen LogP contribution in [0.4, 0.5) is 0 Å². The summed E-state index contributed by atoms with van der Waals surface area (Å²) in [5, 5.41) is 8.47. The molecule has 0 aliphatic heterocycles. The Hall–Kier alpha value is -1.84. The van der Waals surface area contributed by atoms with Crippen molar-refractivity contribution in [3.8, 4) is 5.75 Å². The number of ketones is 1.